The minimum Gasteiger partial charge on any atom is -0.362 e. The van der Waals surface area contributed by atoms with Gasteiger partial charge in [0.05, 0.1) is 0 Å². The summed E-state index contributed by atoms with van der Waals surface area (Å²) in [6.07, 6.45) is 5.88. The quantitative estimate of drug-likeness (QED) is 0.692. The van der Waals surface area contributed by atoms with E-state index in [1.54, 1.807) is 0 Å². The molecular formula is C17H28N2S. The lowest BCUT2D eigenvalue weighted by Gasteiger charge is -2.25. The van der Waals surface area contributed by atoms with E-state index in [2.05, 4.69) is 54.4 Å². The van der Waals surface area contributed by atoms with Gasteiger partial charge >= 0.3 is 0 Å². The molecule has 0 heterocycles. The molecule has 0 bridgehead atoms. The number of unbranched alkanes of at least 4 members (excludes halogenated alkanes) is 2. The highest BCUT2D eigenvalue weighted by Gasteiger charge is 2.07. The lowest BCUT2D eigenvalue weighted by molar-refractivity contribution is 0.392. The Bertz CT molecular complexity index is 357. The van der Waals surface area contributed by atoms with Gasteiger partial charge in [-0.2, -0.15) is 0 Å². The third-order valence-electron chi connectivity index (χ3n) is 3.38. The molecule has 0 spiro atoms. The van der Waals surface area contributed by atoms with Gasteiger partial charge in [-0.05, 0) is 37.0 Å². The van der Waals surface area contributed by atoms with Crippen molar-refractivity contribution in [2.75, 3.05) is 19.6 Å². The van der Waals surface area contributed by atoms with Crippen LogP contribution in [0.1, 0.15) is 45.1 Å². The molecule has 1 rings (SSSR count). The molecule has 0 saturated heterocycles. The molecule has 0 aromatic heterocycles. The van der Waals surface area contributed by atoms with Crippen molar-refractivity contribution in [1.82, 2.24) is 10.2 Å². The van der Waals surface area contributed by atoms with E-state index in [4.69, 9.17) is 12.2 Å². The van der Waals surface area contributed by atoms with E-state index in [1.165, 1.54) is 31.2 Å². The van der Waals surface area contributed by atoms with Crippen LogP contribution in [0.4, 0.5) is 0 Å². The van der Waals surface area contributed by atoms with Crippen molar-refractivity contribution in [2.45, 2.75) is 46.0 Å². The normalized spacial score (nSPS) is 10.3. The lowest BCUT2D eigenvalue weighted by atomic mass is 10.1. The van der Waals surface area contributed by atoms with Crippen molar-refractivity contribution in [1.29, 1.82) is 0 Å². The molecule has 0 amide bonds. The van der Waals surface area contributed by atoms with Gasteiger partial charge in [-0.15, -0.1) is 0 Å². The van der Waals surface area contributed by atoms with Gasteiger partial charge in [0.1, 0.15) is 0 Å². The smallest absolute Gasteiger partial charge is 0.168 e. The topological polar surface area (TPSA) is 15.3 Å². The van der Waals surface area contributed by atoms with Crippen LogP contribution >= 0.6 is 12.2 Å². The molecule has 0 aliphatic heterocycles. The molecule has 112 valence electrons. The second kappa shape index (κ2) is 10.7. The number of nitrogens with zero attached hydrogens (tertiary/aromatic N) is 1. The molecule has 0 unspecified atom stereocenters. The average Bonchev–Trinajstić information content (AvgIpc) is 2.48. The molecule has 1 aromatic rings. The Morgan fingerprint density at radius 2 is 1.65 bits per heavy atom. The summed E-state index contributed by atoms with van der Waals surface area (Å²) < 4.78 is 0. The summed E-state index contributed by atoms with van der Waals surface area (Å²) in [5.74, 6) is 0. The zero-order valence-corrected chi connectivity index (χ0v) is 13.7. The van der Waals surface area contributed by atoms with E-state index in [1.807, 2.05) is 0 Å². The molecule has 1 N–H and O–H groups in total. The van der Waals surface area contributed by atoms with Crippen LogP contribution < -0.4 is 5.32 Å². The van der Waals surface area contributed by atoms with E-state index in [9.17, 15) is 0 Å². The highest BCUT2D eigenvalue weighted by atomic mass is 32.1. The van der Waals surface area contributed by atoms with Crippen LogP contribution in [0.25, 0.3) is 0 Å². The lowest BCUT2D eigenvalue weighted by Crippen LogP contribution is -2.41. The summed E-state index contributed by atoms with van der Waals surface area (Å²) in [6, 6.07) is 10.6. The minimum absolute atomic E-state index is 0.914. The van der Waals surface area contributed by atoms with Gasteiger partial charge in [0.25, 0.3) is 0 Å². The monoisotopic (exact) mass is 292 g/mol. The highest BCUT2D eigenvalue weighted by Crippen LogP contribution is 2.01. The number of thiocarbonyl (C=S) groups is 1. The SMILES string of the molecule is CCCCN(CCCC)C(=S)NCCc1ccccc1. The molecule has 0 aliphatic rings. The molecule has 1 aromatic carbocycles. The van der Waals surface area contributed by atoms with Crippen molar-refractivity contribution in [3.63, 3.8) is 0 Å². The first-order chi connectivity index (χ1) is 9.77. The van der Waals surface area contributed by atoms with Crippen LogP contribution in [0.2, 0.25) is 0 Å². The Labute approximate surface area is 129 Å². The summed E-state index contributed by atoms with van der Waals surface area (Å²) >= 11 is 5.53. The largest absolute Gasteiger partial charge is 0.362 e. The van der Waals surface area contributed by atoms with Gasteiger partial charge in [-0.1, -0.05) is 57.0 Å². The fourth-order valence-corrected chi connectivity index (χ4v) is 2.37. The molecule has 0 radical (unpaired) electrons. The van der Waals surface area contributed by atoms with Crippen molar-refractivity contribution in [3.8, 4) is 0 Å². The molecule has 20 heavy (non-hydrogen) atoms. The van der Waals surface area contributed by atoms with Gasteiger partial charge in [0.15, 0.2) is 5.11 Å². The fourth-order valence-electron chi connectivity index (χ4n) is 2.08. The van der Waals surface area contributed by atoms with Crippen molar-refractivity contribution in [2.24, 2.45) is 0 Å². The average molecular weight is 292 g/mol. The third-order valence-corrected chi connectivity index (χ3v) is 3.79. The fraction of sp³-hybridized carbons (Fsp3) is 0.588. The predicted octanol–water partition coefficient (Wildman–Crippen LogP) is 4.01. The summed E-state index contributed by atoms with van der Waals surface area (Å²) in [7, 11) is 0. The Morgan fingerprint density at radius 1 is 1.05 bits per heavy atom. The Hall–Kier alpha value is -1.09. The van der Waals surface area contributed by atoms with Gasteiger partial charge in [-0.25, -0.2) is 0 Å². The van der Waals surface area contributed by atoms with Crippen LogP contribution in [0, 0.1) is 0 Å². The third kappa shape index (κ3) is 6.90. The molecule has 0 atom stereocenters. The summed E-state index contributed by atoms with van der Waals surface area (Å²) in [6.45, 7) is 7.52. The predicted molar refractivity (Wildman–Crippen MR) is 92.1 cm³/mol. The summed E-state index contributed by atoms with van der Waals surface area (Å²) in [4.78, 5) is 2.33. The van der Waals surface area contributed by atoms with Gasteiger partial charge < -0.3 is 10.2 Å². The zero-order valence-electron chi connectivity index (χ0n) is 12.9. The van der Waals surface area contributed by atoms with E-state index < -0.39 is 0 Å². The summed E-state index contributed by atoms with van der Waals surface area (Å²) in [5, 5.41) is 4.33. The van der Waals surface area contributed by atoms with Gasteiger partial charge in [0, 0.05) is 19.6 Å². The van der Waals surface area contributed by atoms with Gasteiger partial charge in [0.2, 0.25) is 0 Å². The standard InChI is InChI=1S/C17H28N2S/c1-3-5-14-19(15-6-4-2)17(20)18-13-12-16-10-8-7-9-11-16/h7-11H,3-6,12-15H2,1-2H3,(H,18,20). The number of benzene rings is 1. The van der Waals surface area contributed by atoms with E-state index in [0.717, 1.165) is 31.2 Å². The summed E-state index contributed by atoms with van der Waals surface area (Å²) in [5.41, 5.74) is 1.36. The van der Waals surface area contributed by atoms with Crippen LogP contribution in [0.5, 0.6) is 0 Å². The van der Waals surface area contributed by atoms with Crippen LogP contribution in [0.3, 0.4) is 0 Å². The van der Waals surface area contributed by atoms with Crippen molar-refractivity contribution >= 4 is 17.3 Å². The molecule has 0 saturated carbocycles. The van der Waals surface area contributed by atoms with Gasteiger partial charge in [-0.3, -0.25) is 0 Å². The second-order valence-electron chi connectivity index (χ2n) is 5.16. The minimum atomic E-state index is 0.914. The van der Waals surface area contributed by atoms with E-state index in [-0.39, 0.29) is 0 Å². The van der Waals surface area contributed by atoms with Crippen LogP contribution in [-0.4, -0.2) is 29.6 Å². The maximum Gasteiger partial charge on any atom is 0.168 e. The Kier molecular flexibility index (Phi) is 9.05. The Balaban J connectivity index is 2.32. The first-order valence-corrected chi connectivity index (χ1v) is 8.25. The second-order valence-corrected chi connectivity index (χ2v) is 5.55. The molecule has 3 heteroatoms. The number of nitrogens with one attached hydrogen (secondary N) is 1. The van der Waals surface area contributed by atoms with E-state index in [0.29, 0.717) is 0 Å². The van der Waals surface area contributed by atoms with Crippen molar-refractivity contribution < 1.29 is 0 Å². The Morgan fingerprint density at radius 3 is 2.20 bits per heavy atom. The number of rotatable bonds is 9. The molecule has 0 fully saturated rings. The highest BCUT2D eigenvalue weighted by molar-refractivity contribution is 7.80. The number of hydrogen-bond donors (Lipinski definition) is 1. The first-order valence-electron chi connectivity index (χ1n) is 7.84. The molecule has 2 nitrogen and oxygen atoms in total. The molecular weight excluding hydrogens is 264 g/mol. The molecule has 0 aliphatic carbocycles. The van der Waals surface area contributed by atoms with Crippen molar-refractivity contribution in [3.05, 3.63) is 35.9 Å². The number of hydrogen-bond acceptors (Lipinski definition) is 1. The van der Waals surface area contributed by atoms with E-state index >= 15 is 0 Å². The maximum absolute atomic E-state index is 5.53. The van der Waals surface area contributed by atoms with Crippen LogP contribution in [0.15, 0.2) is 30.3 Å². The zero-order chi connectivity index (χ0) is 14.6. The maximum atomic E-state index is 5.53. The first kappa shape index (κ1) is 17.0. The van der Waals surface area contributed by atoms with Crippen LogP contribution in [-0.2, 0) is 6.42 Å².